The second kappa shape index (κ2) is 11.8. The number of hydrogen-bond donors (Lipinski definition) is 0. The monoisotopic (exact) mass is 569 g/mol. The van der Waals surface area contributed by atoms with Crippen LogP contribution in [0.25, 0.3) is 11.5 Å². The Kier molecular flexibility index (Phi) is 8.75. The Balaban J connectivity index is 1.42. The van der Waals surface area contributed by atoms with Gasteiger partial charge in [0.1, 0.15) is 0 Å². The van der Waals surface area contributed by atoms with Crippen LogP contribution in [0.1, 0.15) is 24.3 Å². The third-order valence-corrected chi connectivity index (χ3v) is 9.33. The molecule has 38 heavy (non-hydrogen) atoms. The number of hydrogen-bond acceptors (Lipinski definition) is 8. The average Bonchev–Trinajstić information content (AvgIpc) is 3.39. The van der Waals surface area contributed by atoms with Crippen molar-refractivity contribution < 1.29 is 30.0 Å². The van der Waals surface area contributed by atoms with Gasteiger partial charge in [-0.3, -0.25) is 4.31 Å². The summed E-state index contributed by atoms with van der Waals surface area (Å²) in [6.45, 7) is 2.52. The van der Waals surface area contributed by atoms with Gasteiger partial charge >= 0.3 is 6.43 Å². The zero-order chi connectivity index (χ0) is 27.3. The van der Waals surface area contributed by atoms with Gasteiger partial charge < -0.3 is 9.32 Å². The number of anilines is 1. The van der Waals surface area contributed by atoms with E-state index in [2.05, 4.69) is 15.1 Å². The smallest absolute Gasteiger partial charge is 0.314 e. The van der Waals surface area contributed by atoms with E-state index in [1.165, 1.54) is 14.9 Å². The molecule has 1 saturated heterocycles. The zero-order valence-corrected chi connectivity index (χ0v) is 22.4. The lowest BCUT2D eigenvalue weighted by molar-refractivity contribution is 0.116. The van der Waals surface area contributed by atoms with E-state index < -0.39 is 32.4 Å². The Morgan fingerprint density at radius 3 is 2.18 bits per heavy atom. The Labute approximate surface area is 221 Å². The molecule has 0 amide bonds. The highest BCUT2D eigenvalue weighted by Gasteiger charge is 2.26. The van der Waals surface area contributed by atoms with Gasteiger partial charge in [0.05, 0.1) is 24.2 Å². The SMILES string of the molecule is CS(=O)(=O)N1CCN(CCCS(=O)(=O)N(Cc2ccc(-c3nnc(C(F)F)o3)cc2)c2ccccc2)CC1. The first-order chi connectivity index (χ1) is 18.0. The minimum Gasteiger partial charge on any atom is -0.415 e. The van der Waals surface area contributed by atoms with Crippen LogP contribution in [0.2, 0.25) is 0 Å². The lowest BCUT2D eigenvalue weighted by Crippen LogP contribution is -2.48. The standard InChI is InChI=1S/C24H29F2N5O5S2/c1-37(32,33)30-15-13-29(14-16-30)12-5-17-38(34,35)31(21-6-3-2-4-7-21)18-19-8-10-20(11-9-19)23-27-28-24(36-23)22(25)26/h2-4,6-11,22H,5,12-18H2,1H3. The second-order valence-corrected chi connectivity index (χ2v) is 13.0. The molecular weight excluding hydrogens is 540 g/mol. The molecule has 1 fully saturated rings. The van der Waals surface area contributed by atoms with Crippen molar-refractivity contribution in [2.45, 2.75) is 19.4 Å². The molecule has 1 aliphatic heterocycles. The topological polar surface area (TPSA) is 117 Å². The molecule has 3 aromatic rings. The summed E-state index contributed by atoms with van der Waals surface area (Å²) in [5.41, 5.74) is 1.65. The van der Waals surface area contributed by atoms with Crippen LogP contribution in [0, 0.1) is 0 Å². The number of nitrogens with zero attached hydrogens (tertiary/aromatic N) is 5. The summed E-state index contributed by atoms with van der Waals surface area (Å²) in [6.07, 6.45) is -1.28. The second-order valence-electron chi connectivity index (χ2n) is 8.96. The van der Waals surface area contributed by atoms with E-state index in [1.54, 1.807) is 54.6 Å². The third kappa shape index (κ3) is 7.12. The van der Waals surface area contributed by atoms with Crippen LogP contribution in [0.4, 0.5) is 14.5 Å². The molecule has 14 heteroatoms. The summed E-state index contributed by atoms with van der Waals surface area (Å²) in [6, 6.07) is 15.4. The lowest BCUT2D eigenvalue weighted by Gasteiger charge is -2.33. The van der Waals surface area contributed by atoms with Crippen molar-refractivity contribution in [2.24, 2.45) is 0 Å². The fraction of sp³-hybridized carbons (Fsp3) is 0.417. The van der Waals surface area contributed by atoms with Gasteiger partial charge in [-0.25, -0.2) is 16.8 Å². The molecule has 0 atom stereocenters. The maximum absolute atomic E-state index is 13.4. The van der Waals surface area contributed by atoms with Gasteiger partial charge in [0, 0.05) is 31.7 Å². The number of aromatic nitrogens is 2. The molecule has 1 aromatic heterocycles. The quantitative estimate of drug-likeness (QED) is 0.346. The Morgan fingerprint density at radius 2 is 1.61 bits per heavy atom. The van der Waals surface area contributed by atoms with E-state index in [1.807, 2.05) is 0 Å². The van der Waals surface area contributed by atoms with Crippen molar-refractivity contribution in [1.29, 1.82) is 0 Å². The predicted octanol–water partition coefficient (Wildman–Crippen LogP) is 2.98. The Hall–Kier alpha value is -2.94. The summed E-state index contributed by atoms with van der Waals surface area (Å²) >= 11 is 0. The van der Waals surface area contributed by atoms with E-state index in [0.717, 1.165) is 0 Å². The van der Waals surface area contributed by atoms with Crippen LogP contribution in [0.3, 0.4) is 0 Å². The van der Waals surface area contributed by atoms with E-state index >= 15 is 0 Å². The third-order valence-electron chi connectivity index (χ3n) is 6.21. The van der Waals surface area contributed by atoms with Crippen molar-refractivity contribution in [3.05, 3.63) is 66.1 Å². The number of para-hydroxylation sites is 1. The van der Waals surface area contributed by atoms with E-state index in [9.17, 15) is 25.6 Å². The molecule has 0 radical (unpaired) electrons. The molecular formula is C24H29F2N5O5S2. The Bertz CT molecular complexity index is 1410. The van der Waals surface area contributed by atoms with Crippen molar-refractivity contribution in [3.63, 3.8) is 0 Å². The van der Waals surface area contributed by atoms with Gasteiger partial charge in [-0.2, -0.15) is 13.1 Å². The number of rotatable bonds is 11. The first-order valence-electron chi connectivity index (χ1n) is 12.0. The van der Waals surface area contributed by atoms with Gasteiger partial charge in [0.2, 0.25) is 25.9 Å². The molecule has 0 bridgehead atoms. The number of sulfonamides is 2. The molecule has 0 N–H and O–H groups in total. The highest BCUT2D eigenvalue weighted by atomic mass is 32.2. The fourth-order valence-corrected chi connectivity index (χ4v) is 6.50. The van der Waals surface area contributed by atoms with Crippen molar-refractivity contribution >= 4 is 25.7 Å². The van der Waals surface area contributed by atoms with Gasteiger partial charge in [-0.1, -0.05) is 30.3 Å². The molecule has 4 rings (SSSR count). The summed E-state index contributed by atoms with van der Waals surface area (Å²) in [5, 5.41) is 6.96. The summed E-state index contributed by atoms with van der Waals surface area (Å²) in [4.78, 5) is 2.07. The van der Waals surface area contributed by atoms with Crippen LogP contribution < -0.4 is 4.31 Å². The number of benzene rings is 2. The number of alkyl halides is 2. The number of halogens is 2. The van der Waals surface area contributed by atoms with Crippen LogP contribution in [0.15, 0.2) is 59.0 Å². The first kappa shape index (κ1) is 28.1. The van der Waals surface area contributed by atoms with Gasteiger partial charge in [0.15, 0.2) is 0 Å². The van der Waals surface area contributed by atoms with Crippen molar-refractivity contribution in [1.82, 2.24) is 19.4 Å². The van der Waals surface area contributed by atoms with Crippen LogP contribution in [0.5, 0.6) is 0 Å². The molecule has 1 aliphatic rings. The van der Waals surface area contributed by atoms with E-state index in [-0.39, 0.29) is 18.2 Å². The molecule has 0 saturated carbocycles. The first-order valence-corrected chi connectivity index (χ1v) is 15.4. The number of piperazine rings is 1. The fourth-order valence-electron chi connectivity index (χ4n) is 4.17. The normalized spacial score (nSPS) is 15.7. The predicted molar refractivity (Wildman–Crippen MR) is 139 cm³/mol. The van der Waals surface area contributed by atoms with Gasteiger partial charge in [0.25, 0.3) is 5.89 Å². The van der Waals surface area contributed by atoms with Crippen molar-refractivity contribution in [3.8, 4) is 11.5 Å². The van der Waals surface area contributed by atoms with Gasteiger partial charge in [-0.15, -0.1) is 10.2 Å². The minimum atomic E-state index is -3.70. The Morgan fingerprint density at radius 1 is 0.947 bits per heavy atom. The van der Waals surface area contributed by atoms with Crippen LogP contribution in [-0.2, 0) is 26.6 Å². The summed E-state index contributed by atoms with van der Waals surface area (Å²) in [5.74, 6) is -0.885. The average molecular weight is 570 g/mol. The zero-order valence-electron chi connectivity index (χ0n) is 20.8. The molecule has 10 nitrogen and oxygen atoms in total. The minimum absolute atomic E-state index is 0.0447. The lowest BCUT2D eigenvalue weighted by atomic mass is 10.1. The van der Waals surface area contributed by atoms with E-state index in [0.29, 0.717) is 56.0 Å². The molecule has 0 aliphatic carbocycles. The molecule has 0 unspecified atom stereocenters. The summed E-state index contributed by atoms with van der Waals surface area (Å²) < 4.78 is 83.5. The highest BCUT2D eigenvalue weighted by molar-refractivity contribution is 7.92. The van der Waals surface area contributed by atoms with Crippen LogP contribution >= 0.6 is 0 Å². The molecule has 2 heterocycles. The maximum Gasteiger partial charge on any atom is 0.314 e. The van der Waals surface area contributed by atoms with Gasteiger partial charge in [-0.05, 0) is 42.8 Å². The largest absolute Gasteiger partial charge is 0.415 e. The van der Waals surface area contributed by atoms with E-state index in [4.69, 9.17) is 4.42 Å². The summed E-state index contributed by atoms with van der Waals surface area (Å²) in [7, 11) is -6.92. The van der Waals surface area contributed by atoms with Crippen LogP contribution in [-0.4, -0.2) is 81.0 Å². The van der Waals surface area contributed by atoms with Crippen molar-refractivity contribution in [2.75, 3.05) is 49.0 Å². The molecule has 2 aromatic carbocycles. The highest BCUT2D eigenvalue weighted by Crippen LogP contribution is 2.26. The molecule has 0 spiro atoms. The molecule has 206 valence electrons. The maximum atomic E-state index is 13.4.